The second-order valence-corrected chi connectivity index (χ2v) is 7.85. The first-order valence-electron chi connectivity index (χ1n) is 7.33. The van der Waals surface area contributed by atoms with E-state index in [1.54, 1.807) is 11.3 Å². The van der Waals surface area contributed by atoms with Gasteiger partial charge in [-0.2, -0.15) is 0 Å². The average molecular weight is 378 g/mol. The number of aryl methyl sites for hydroxylation is 3. The van der Waals surface area contributed by atoms with Crippen LogP contribution in [0.2, 0.25) is 0 Å². The lowest BCUT2D eigenvalue weighted by atomic mass is 10.2. The molecule has 3 aromatic rings. The van der Waals surface area contributed by atoms with Crippen molar-refractivity contribution in [2.75, 3.05) is 0 Å². The van der Waals surface area contributed by atoms with Crippen LogP contribution in [0.3, 0.4) is 0 Å². The van der Waals surface area contributed by atoms with Gasteiger partial charge in [0.1, 0.15) is 15.9 Å². The second-order valence-electron chi connectivity index (χ2n) is 5.32. The van der Waals surface area contributed by atoms with Gasteiger partial charge in [0, 0.05) is 17.6 Å². The molecule has 0 spiro atoms. The third-order valence-corrected chi connectivity index (χ3v) is 5.45. The van der Waals surface area contributed by atoms with Crippen molar-refractivity contribution in [3.05, 3.63) is 59.1 Å². The quantitative estimate of drug-likeness (QED) is 0.546. The number of hydrogen-bond donors (Lipinski definition) is 1. The lowest BCUT2D eigenvalue weighted by Gasteiger charge is -2.09. The summed E-state index contributed by atoms with van der Waals surface area (Å²) >= 11 is 1.72. The highest BCUT2D eigenvalue weighted by atomic mass is 32.2. The van der Waals surface area contributed by atoms with E-state index >= 15 is 0 Å². The van der Waals surface area contributed by atoms with E-state index in [1.807, 2.05) is 29.9 Å². The zero-order valence-corrected chi connectivity index (χ0v) is 15.6. The van der Waals surface area contributed by atoms with Gasteiger partial charge in [-0.15, -0.1) is 0 Å². The van der Waals surface area contributed by atoms with Crippen molar-refractivity contribution in [3.63, 3.8) is 0 Å². The molecule has 132 valence electrons. The highest BCUT2D eigenvalue weighted by Crippen LogP contribution is 2.21. The van der Waals surface area contributed by atoms with Crippen molar-refractivity contribution < 1.29 is 22.8 Å². The summed E-state index contributed by atoms with van der Waals surface area (Å²) in [5, 5.41) is 15.6. The highest BCUT2D eigenvalue weighted by molar-refractivity contribution is 7.85. The van der Waals surface area contributed by atoms with Gasteiger partial charge < -0.3 is 9.66 Å². The standard InChI is InChI=1S/C10H11N2S.C7H8O4S/c1-8-12(2)11-10(13-8)9-6-4-3-5-7-9;1-5-2-3-6(8)4-7(5)12(9,10)11/h3-7H,1-2H3;2-4,8H,1H3,(H,9,10,11)/q+1;/p-1. The fraction of sp³-hybridized carbons (Fsp3) is 0.176. The van der Waals surface area contributed by atoms with Crippen LogP contribution in [-0.4, -0.2) is 23.2 Å². The summed E-state index contributed by atoms with van der Waals surface area (Å²) in [5.74, 6) is -0.227. The minimum absolute atomic E-state index is 0.227. The number of phenols is 1. The predicted molar refractivity (Wildman–Crippen MR) is 94.3 cm³/mol. The summed E-state index contributed by atoms with van der Waals surface area (Å²) in [6, 6.07) is 13.9. The Labute approximate surface area is 150 Å². The molecule has 0 aliphatic carbocycles. The van der Waals surface area contributed by atoms with Gasteiger partial charge in [0.05, 0.1) is 4.90 Å². The van der Waals surface area contributed by atoms with Gasteiger partial charge in [-0.1, -0.05) is 41.1 Å². The van der Waals surface area contributed by atoms with Crippen molar-refractivity contribution in [3.8, 4) is 16.3 Å². The Balaban J connectivity index is 0.000000181. The molecule has 0 aliphatic heterocycles. The van der Waals surface area contributed by atoms with Crippen molar-refractivity contribution in [2.45, 2.75) is 18.7 Å². The van der Waals surface area contributed by atoms with Crippen molar-refractivity contribution in [2.24, 2.45) is 7.05 Å². The molecule has 1 aromatic heterocycles. The molecule has 0 radical (unpaired) electrons. The fourth-order valence-electron chi connectivity index (χ4n) is 1.99. The van der Waals surface area contributed by atoms with Crippen LogP contribution in [0, 0.1) is 13.8 Å². The minimum Gasteiger partial charge on any atom is -0.744 e. The predicted octanol–water partition coefficient (Wildman–Crippen LogP) is 2.55. The molecule has 0 atom stereocenters. The first-order valence-corrected chi connectivity index (χ1v) is 9.55. The Bertz CT molecular complexity index is 948. The van der Waals surface area contributed by atoms with Gasteiger partial charge in [-0.05, 0) is 36.0 Å². The summed E-state index contributed by atoms with van der Waals surface area (Å²) in [6.07, 6.45) is 0. The van der Waals surface area contributed by atoms with Crippen molar-refractivity contribution in [1.29, 1.82) is 0 Å². The molecule has 0 unspecified atom stereocenters. The largest absolute Gasteiger partial charge is 0.744 e. The lowest BCUT2D eigenvalue weighted by molar-refractivity contribution is -0.730. The Kier molecular flexibility index (Phi) is 5.89. The van der Waals surface area contributed by atoms with E-state index in [0.29, 0.717) is 5.56 Å². The Hall–Kier alpha value is -2.29. The van der Waals surface area contributed by atoms with Crippen LogP contribution in [0.25, 0.3) is 10.6 Å². The maximum Gasteiger partial charge on any atom is 0.262 e. The summed E-state index contributed by atoms with van der Waals surface area (Å²) in [5.41, 5.74) is 1.53. The number of nitrogens with zero attached hydrogens (tertiary/aromatic N) is 2. The van der Waals surface area contributed by atoms with E-state index in [1.165, 1.54) is 29.6 Å². The molecular formula is C17H18N2O4S2. The fourth-order valence-corrected chi connectivity index (χ4v) is 3.59. The van der Waals surface area contributed by atoms with Gasteiger partial charge in [-0.25, -0.2) is 8.42 Å². The van der Waals surface area contributed by atoms with Crippen LogP contribution >= 0.6 is 11.3 Å². The molecule has 0 fully saturated rings. The first-order chi connectivity index (χ1) is 11.7. The van der Waals surface area contributed by atoms with E-state index < -0.39 is 10.1 Å². The van der Waals surface area contributed by atoms with Crippen LogP contribution in [0.15, 0.2) is 53.4 Å². The van der Waals surface area contributed by atoms with E-state index in [2.05, 4.69) is 24.2 Å². The second kappa shape index (κ2) is 7.73. The molecule has 8 heteroatoms. The monoisotopic (exact) mass is 378 g/mol. The maximum atomic E-state index is 10.5. The van der Waals surface area contributed by atoms with Crippen LogP contribution < -0.4 is 4.68 Å². The molecule has 2 aromatic carbocycles. The molecule has 25 heavy (non-hydrogen) atoms. The molecule has 3 rings (SSSR count). The number of phenolic OH excluding ortho intramolecular Hbond substituents is 1. The van der Waals surface area contributed by atoms with Gasteiger partial charge in [0.25, 0.3) is 5.01 Å². The summed E-state index contributed by atoms with van der Waals surface area (Å²) in [7, 11) is -2.50. The van der Waals surface area contributed by atoms with Gasteiger partial charge in [0.15, 0.2) is 12.1 Å². The topological polar surface area (TPSA) is 94.2 Å². The van der Waals surface area contributed by atoms with Crippen LogP contribution in [-0.2, 0) is 17.2 Å². The summed E-state index contributed by atoms with van der Waals surface area (Å²) in [4.78, 5) is -0.373. The molecule has 0 saturated carbocycles. The normalized spacial score (nSPS) is 10.9. The molecule has 1 heterocycles. The summed E-state index contributed by atoms with van der Waals surface area (Å²) in [6.45, 7) is 3.56. The molecule has 0 amide bonds. The number of benzene rings is 2. The Morgan fingerprint density at radius 3 is 2.24 bits per heavy atom. The molecule has 6 nitrogen and oxygen atoms in total. The zero-order valence-electron chi connectivity index (χ0n) is 14.0. The minimum atomic E-state index is -4.47. The SMILES string of the molecule is Cc1ccc(O)cc1S(=O)(=O)[O-].Cc1sc(-c2ccccc2)n[n+]1C. The summed E-state index contributed by atoms with van der Waals surface area (Å²) < 4.78 is 33.5. The third kappa shape index (κ3) is 5.09. The van der Waals surface area contributed by atoms with Crippen molar-refractivity contribution >= 4 is 21.5 Å². The number of aromatic hydroxyl groups is 1. The molecule has 0 saturated heterocycles. The third-order valence-electron chi connectivity index (χ3n) is 3.40. The maximum absolute atomic E-state index is 10.5. The Morgan fingerprint density at radius 1 is 1.12 bits per heavy atom. The van der Waals surface area contributed by atoms with E-state index in [0.717, 1.165) is 11.1 Å². The van der Waals surface area contributed by atoms with Gasteiger partial charge >= 0.3 is 0 Å². The van der Waals surface area contributed by atoms with Crippen LogP contribution in [0.5, 0.6) is 5.75 Å². The first kappa shape index (κ1) is 19.0. The van der Waals surface area contributed by atoms with Crippen molar-refractivity contribution in [1.82, 2.24) is 5.10 Å². The number of aromatic nitrogens is 2. The number of rotatable bonds is 2. The molecular weight excluding hydrogens is 360 g/mol. The lowest BCUT2D eigenvalue weighted by Crippen LogP contribution is -2.32. The molecule has 1 N–H and O–H groups in total. The van der Waals surface area contributed by atoms with E-state index in [-0.39, 0.29) is 10.6 Å². The molecule has 0 aliphatic rings. The highest BCUT2D eigenvalue weighted by Gasteiger charge is 2.12. The van der Waals surface area contributed by atoms with Gasteiger partial charge in [0.2, 0.25) is 0 Å². The number of hydrogen-bond acceptors (Lipinski definition) is 6. The zero-order chi connectivity index (χ0) is 18.6. The smallest absolute Gasteiger partial charge is 0.262 e. The van der Waals surface area contributed by atoms with Gasteiger partial charge in [-0.3, -0.25) is 0 Å². The van der Waals surface area contributed by atoms with E-state index in [4.69, 9.17) is 5.11 Å². The van der Waals surface area contributed by atoms with Crippen LogP contribution in [0.4, 0.5) is 0 Å². The molecule has 0 bridgehead atoms. The Morgan fingerprint density at radius 2 is 1.76 bits per heavy atom. The van der Waals surface area contributed by atoms with E-state index in [9.17, 15) is 13.0 Å². The average Bonchev–Trinajstić information content (AvgIpc) is 2.90. The van der Waals surface area contributed by atoms with Crippen LogP contribution in [0.1, 0.15) is 10.6 Å².